The second kappa shape index (κ2) is 13.0. The van der Waals surface area contributed by atoms with Crippen LogP contribution in [-0.2, 0) is 6.42 Å². The van der Waals surface area contributed by atoms with E-state index >= 15 is 0 Å². The molecule has 0 saturated heterocycles. The molecule has 192 valence electrons. The van der Waals surface area contributed by atoms with Gasteiger partial charge in [-0.15, -0.1) is 6.58 Å². The summed E-state index contributed by atoms with van der Waals surface area (Å²) >= 11 is 0. The Balaban J connectivity index is 0.000000319. The molecular formula is C31H36F3NO. The quantitative estimate of drug-likeness (QED) is 0.225. The smallest absolute Gasteiger partial charge is 0.132 e. The number of hydrogen-bond acceptors (Lipinski definition) is 2. The minimum Gasteiger partial charge on any atom is -0.508 e. The lowest BCUT2D eigenvalue weighted by Crippen LogP contribution is -2.15. The van der Waals surface area contributed by atoms with Gasteiger partial charge in [0.15, 0.2) is 0 Å². The van der Waals surface area contributed by atoms with Gasteiger partial charge in [0, 0.05) is 43.1 Å². The Bertz CT molecular complexity index is 1180. The van der Waals surface area contributed by atoms with Gasteiger partial charge in [-0.25, -0.2) is 13.2 Å². The van der Waals surface area contributed by atoms with Gasteiger partial charge >= 0.3 is 0 Å². The molecule has 0 aromatic heterocycles. The number of aliphatic hydroxyl groups excluding tert-OH is 1. The average Bonchev–Trinajstić information content (AvgIpc) is 3.28. The minimum absolute atomic E-state index is 0.0593. The highest BCUT2D eigenvalue weighted by molar-refractivity contribution is 5.76. The third-order valence-corrected chi connectivity index (χ3v) is 6.13. The zero-order valence-corrected chi connectivity index (χ0v) is 21.7. The molecule has 0 atom stereocenters. The van der Waals surface area contributed by atoms with E-state index < -0.39 is 17.5 Å². The molecule has 2 aromatic rings. The average molecular weight is 496 g/mol. The normalized spacial score (nSPS) is 13.2. The van der Waals surface area contributed by atoms with Crippen LogP contribution in [0.25, 0.3) is 5.57 Å². The fourth-order valence-corrected chi connectivity index (χ4v) is 4.29. The van der Waals surface area contributed by atoms with E-state index in [9.17, 15) is 18.3 Å². The zero-order chi connectivity index (χ0) is 27.0. The summed E-state index contributed by atoms with van der Waals surface area (Å²) in [4.78, 5) is 2.06. The summed E-state index contributed by atoms with van der Waals surface area (Å²) in [7, 11) is 2.00. The molecule has 0 bridgehead atoms. The van der Waals surface area contributed by atoms with Gasteiger partial charge in [-0.2, -0.15) is 0 Å². The minimum atomic E-state index is -0.905. The van der Waals surface area contributed by atoms with Crippen molar-refractivity contribution < 1.29 is 18.3 Å². The van der Waals surface area contributed by atoms with Gasteiger partial charge in [-0.05, 0) is 74.3 Å². The fourth-order valence-electron chi connectivity index (χ4n) is 4.29. The third kappa shape index (κ3) is 7.77. The maximum atomic E-state index is 12.8. The van der Waals surface area contributed by atoms with E-state index in [0.29, 0.717) is 24.3 Å². The van der Waals surface area contributed by atoms with E-state index in [1.54, 1.807) is 0 Å². The largest absolute Gasteiger partial charge is 0.508 e. The molecule has 2 aromatic carbocycles. The van der Waals surface area contributed by atoms with E-state index in [4.69, 9.17) is 0 Å². The van der Waals surface area contributed by atoms with Gasteiger partial charge in [0.2, 0.25) is 0 Å². The first-order valence-electron chi connectivity index (χ1n) is 11.9. The molecule has 0 saturated carbocycles. The SMILES string of the molecule is C=C(O)C(=C)CN(C)/C=C(\C)C1=C(c2cc(C)ccc2C)CCC1.C=CCc1c(F)cc(F)cc1F. The summed E-state index contributed by atoms with van der Waals surface area (Å²) in [6.45, 7) is 17.8. The first kappa shape index (κ1) is 28.8. The van der Waals surface area contributed by atoms with Crippen LogP contribution < -0.4 is 0 Å². The van der Waals surface area contributed by atoms with Crippen molar-refractivity contribution in [3.8, 4) is 0 Å². The Morgan fingerprint density at radius 3 is 2.28 bits per heavy atom. The molecule has 5 heteroatoms. The standard InChI is InChI=1S/C22H29NO.C9H7F3/c1-15-10-11-16(2)22(12-15)21-9-7-8-20(21)18(4)14-23(6)13-17(3)19(5)24;1-2-3-7-8(11)4-6(10)5-9(7)12/h10-12,14,24H,3,5,7-9,13H2,1-2,4,6H3;2,4-5H,1,3H2/b18-14+;. The lowest BCUT2D eigenvalue weighted by molar-refractivity contribution is 0.404. The number of halogens is 3. The summed E-state index contributed by atoms with van der Waals surface area (Å²) in [6, 6.07) is 8.02. The van der Waals surface area contributed by atoms with Crippen molar-refractivity contribution in [3.63, 3.8) is 0 Å². The Labute approximate surface area is 213 Å². The molecule has 0 heterocycles. The topological polar surface area (TPSA) is 23.5 Å². The lowest BCUT2D eigenvalue weighted by atomic mass is 9.93. The van der Waals surface area contributed by atoms with Gasteiger partial charge in [0.25, 0.3) is 0 Å². The number of benzene rings is 2. The van der Waals surface area contributed by atoms with Crippen LogP contribution in [0.4, 0.5) is 13.2 Å². The number of hydrogen-bond donors (Lipinski definition) is 1. The molecule has 2 nitrogen and oxygen atoms in total. The van der Waals surface area contributed by atoms with Gasteiger partial charge in [-0.3, -0.25) is 0 Å². The van der Waals surface area contributed by atoms with E-state index in [1.165, 1.54) is 45.9 Å². The predicted octanol–water partition coefficient (Wildman–Crippen LogP) is 8.54. The molecule has 0 unspecified atom stereocenters. The summed E-state index contributed by atoms with van der Waals surface area (Å²) in [5, 5.41) is 9.41. The molecule has 0 fully saturated rings. The highest BCUT2D eigenvalue weighted by Gasteiger charge is 2.19. The highest BCUT2D eigenvalue weighted by atomic mass is 19.1. The van der Waals surface area contributed by atoms with Gasteiger partial charge < -0.3 is 10.0 Å². The van der Waals surface area contributed by atoms with Gasteiger partial charge in [0.05, 0.1) is 0 Å². The van der Waals surface area contributed by atoms with Crippen molar-refractivity contribution in [3.05, 3.63) is 125 Å². The summed E-state index contributed by atoms with van der Waals surface area (Å²) in [5.74, 6) is -2.58. The molecule has 1 N–H and O–H groups in total. The maximum absolute atomic E-state index is 12.8. The molecule has 1 aliphatic rings. The van der Waals surface area contributed by atoms with Crippen LogP contribution in [0.1, 0.15) is 48.4 Å². The number of aryl methyl sites for hydroxylation is 2. The molecule has 0 radical (unpaired) electrons. The van der Waals surface area contributed by atoms with Crippen LogP contribution in [0.3, 0.4) is 0 Å². The van der Waals surface area contributed by atoms with Gasteiger partial charge in [-0.1, -0.05) is 43.0 Å². The van der Waals surface area contributed by atoms with Crippen molar-refractivity contribution in [2.24, 2.45) is 0 Å². The Hall–Kier alpha value is -3.47. The van der Waals surface area contributed by atoms with Crippen molar-refractivity contribution in [2.45, 2.75) is 46.5 Å². The van der Waals surface area contributed by atoms with E-state index in [-0.39, 0.29) is 17.7 Å². The third-order valence-electron chi connectivity index (χ3n) is 6.13. The van der Waals surface area contributed by atoms with Crippen molar-refractivity contribution >= 4 is 5.57 Å². The van der Waals surface area contributed by atoms with Crippen LogP contribution >= 0.6 is 0 Å². The van der Waals surface area contributed by atoms with E-state index in [2.05, 4.69) is 69.8 Å². The lowest BCUT2D eigenvalue weighted by Gasteiger charge is -2.18. The highest BCUT2D eigenvalue weighted by Crippen LogP contribution is 2.39. The van der Waals surface area contributed by atoms with Crippen molar-refractivity contribution in [1.82, 2.24) is 4.90 Å². The Morgan fingerprint density at radius 2 is 1.69 bits per heavy atom. The molecule has 0 amide bonds. The number of aliphatic hydroxyl groups is 1. The number of nitrogens with zero attached hydrogens (tertiary/aromatic N) is 1. The molecule has 0 aliphatic heterocycles. The molecule has 36 heavy (non-hydrogen) atoms. The number of likely N-dealkylation sites (N-methyl/N-ethyl adjacent to an activating group) is 1. The second-order valence-corrected chi connectivity index (χ2v) is 9.25. The van der Waals surface area contributed by atoms with Crippen molar-refractivity contribution in [1.29, 1.82) is 0 Å². The summed E-state index contributed by atoms with van der Waals surface area (Å²) in [6.07, 6.45) is 7.07. The van der Waals surface area contributed by atoms with E-state index in [1.807, 2.05) is 7.05 Å². The Morgan fingerprint density at radius 1 is 1.06 bits per heavy atom. The maximum Gasteiger partial charge on any atom is 0.132 e. The Kier molecular flexibility index (Phi) is 10.4. The first-order valence-corrected chi connectivity index (χ1v) is 11.9. The number of rotatable bonds is 8. The van der Waals surface area contributed by atoms with Gasteiger partial charge in [0.1, 0.15) is 23.2 Å². The molecule has 0 spiro atoms. The van der Waals surface area contributed by atoms with Crippen LogP contribution in [0, 0.1) is 31.3 Å². The van der Waals surface area contributed by atoms with Crippen molar-refractivity contribution in [2.75, 3.05) is 13.6 Å². The van der Waals surface area contributed by atoms with Crippen LogP contribution in [0.15, 0.2) is 84.8 Å². The zero-order valence-electron chi connectivity index (χ0n) is 21.7. The first-order chi connectivity index (χ1) is 16.9. The molecule has 3 rings (SSSR count). The molecule has 1 aliphatic carbocycles. The van der Waals surface area contributed by atoms with Crippen LogP contribution in [-0.4, -0.2) is 23.6 Å². The van der Waals surface area contributed by atoms with E-state index in [0.717, 1.165) is 12.8 Å². The number of allylic oxidation sites excluding steroid dienone is 4. The predicted molar refractivity (Wildman–Crippen MR) is 144 cm³/mol. The molecular weight excluding hydrogens is 459 g/mol. The van der Waals surface area contributed by atoms with Crippen LogP contribution in [0.2, 0.25) is 0 Å². The van der Waals surface area contributed by atoms with Crippen LogP contribution in [0.5, 0.6) is 0 Å². The summed E-state index contributed by atoms with van der Waals surface area (Å²) < 4.78 is 37.9. The fraction of sp³-hybridized carbons (Fsp3) is 0.290. The summed E-state index contributed by atoms with van der Waals surface area (Å²) in [5.41, 5.74) is 8.80. The second-order valence-electron chi connectivity index (χ2n) is 9.25. The monoisotopic (exact) mass is 495 g/mol.